The van der Waals surface area contributed by atoms with Crippen molar-refractivity contribution >= 4 is 23.6 Å². The van der Waals surface area contributed by atoms with Crippen molar-refractivity contribution in [1.82, 2.24) is 0 Å². The summed E-state index contributed by atoms with van der Waals surface area (Å²) in [7, 11) is 0. The summed E-state index contributed by atoms with van der Waals surface area (Å²) in [6.45, 7) is 0.498. The van der Waals surface area contributed by atoms with Crippen LogP contribution in [0.3, 0.4) is 0 Å². The number of cyclic esters (lactones) is 1. The highest BCUT2D eigenvalue weighted by Gasteiger charge is 2.17. The minimum absolute atomic E-state index is 0.208. The molecule has 72 valence electrons. The Hall–Kier alpha value is -1.28. The van der Waals surface area contributed by atoms with Gasteiger partial charge in [0.05, 0.1) is 6.61 Å². The van der Waals surface area contributed by atoms with Gasteiger partial charge in [0.1, 0.15) is 0 Å². The number of esters is 1. The van der Waals surface area contributed by atoms with Crippen molar-refractivity contribution in [1.29, 1.82) is 0 Å². The van der Waals surface area contributed by atoms with Crippen LogP contribution in [0.2, 0.25) is 5.02 Å². The second-order valence-corrected chi connectivity index (χ2v) is 3.54. The van der Waals surface area contributed by atoms with E-state index in [0.717, 1.165) is 11.1 Å². The first kappa shape index (κ1) is 9.28. The molecule has 0 amide bonds. The number of halogens is 1. The number of rotatable bonds is 1. The van der Waals surface area contributed by atoms with Gasteiger partial charge in [-0.1, -0.05) is 23.7 Å². The Morgan fingerprint density at radius 3 is 2.57 bits per heavy atom. The Bertz CT molecular complexity index is 379. The third kappa shape index (κ3) is 1.96. The zero-order chi connectivity index (χ0) is 9.97. The van der Waals surface area contributed by atoms with Gasteiger partial charge in [-0.05, 0) is 23.8 Å². The fourth-order valence-electron chi connectivity index (χ4n) is 1.34. The van der Waals surface area contributed by atoms with Gasteiger partial charge in [-0.15, -0.1) is 0 Å². The number of hydrogen-bond donors (Lipinski definition) is 0. The zero-order valence-corrected chi connectivity index (χ0v) is 8.25. The van der Waals surface area contributed by atoms with Gasteiger partial charge in [-0.2, -0.15) is 0 Å². The van der Waals surface area contributed by atoms with Gasteiger partial charge in [0, 0.05) is 17.0 Å². The van der Waals surface area contributed by atoms with Crippen LogP contribution in [0.25, 0.3) is 6.08 Å². The lowest BCUT2D eigenvalue weighted by Crippen LogP contribution is -1.94. The minimum Gasteiger partial charge on any atom is -0.462 e. The molecule has 0 radical (unpaired) electrons. The van der Waals surface area contributed by atoms with Crippen molar-refractivity contribution < 1.29 is 9.53 Å². The molecule has 1 aliphatic rings. The van der Waals surface area contributed by atoms with Crippen molar-refractivity contribution in [2.75, 3.05) is 6.61 Å². The van der Waals surface area contributed by atoms with Crippen molar-refractivity contribution in [3.05, 3.63) is 40.4 Å². The fourth-order valence-corrected chi connectivity index (χ4v) is 1.47. The highest BCUT2D eigenvalue weighted by molar-refractivity contribution is 6.30. The van der Waals surface area contributed by atoms with Gasteiger partial charge in [0.15, 0.2) is 0 Å². The maximum absolute atomic E-state index is 11.1. The zero-order valence-electron chi connectivity index (χ0n) is 7.50. The Kier molecular flexibility index (Phi) is 2.55. The predicted molar refractivity (Wildman–Crippen MR) is 55.0 cm³/mol. The lowest BCUT2D eigenvalue weighted by atomic mass is 10.1. The van der Waals surface area contributed by atoms with Crippen LogP contribution in [0.1, 0.15) is 12.0 Å². The summed E-state index contributed by atoms with van der Waals surface area (Å²) in [5, 5.41) is 0.696. The number of ether oxygens (including phenoxy) is 1. The molecule has 2 nitrogen and oxygen atoms in total. The average Bonchev–Trinajstić information content (AvgIpc) is 2.56. The van der Waals surface area contributed by atoms with Crippen molar-refractivity contribution in [2.45, 2.75) is 6.42 Å². The molecule has 1 aromatic carbocycles. The molecule has 0 aliphatic carbocycles. The molecule has 0 N–H and O–H groups in total. The highest BCUT2D eigenvalue weighted by atomic mass is 35.5. The first-order chi connectivity index (χ1) is 6.75. The third-order valence-corrected chi connectivity index (χ3v) is 2.33. The largest absolute Gasteiger partial charge is 0.462 e. The summed E-state index contributed by atoms with van der Waals surface area (Å²) in [4.78, 5) is 11.1. The van der Waals surface area contributed by atoms with E-state index in [1.54, 1.807) is 12.1 Å². The van der Waals surface area contributed by atoms with Gasteiger partial charge < -0.3 is 4.74 Å². The smallest absolute Gasteiger partial charge is 0.334 e. The lowest BCUT2D eigenvalue weighted by molar-refractivity contribution is -0.134. The molecule has 0 aromatic heterocycles. The SMILES string of the molecule is O=C1OCCC1=Cc1ccc(Cl)cc1. The van der Waals surface area contributed by atoms with E-state index in [2.05, 4.69) is 0 Å². The van der Waals surface area contributed by atoms with Gasteiger partial charge in [-0.3, -0.25) is 0 Å². The average molecular weight is 209 g/mol. The highest BCUT2D eigenvalue weighted by Crippen LogP contribution is 2.18. The molecule has 0 atom stereocenters. The summed E-state index contributed by atoms with van der Waals surface area (Å²) in [6, 6.07) is 7.35. The molecule has 0 bridgehead atoms. The molecule has 0 spiro atoms. The minimum atomic E-state index is -0.208. The monoisotopic (exact) mass is 208 g/mol. The second kappa shape index (κ2) is 3.84. The van der Waals surface area contributed by atoms with E-state index in [0.29, 0.717) is 18.1 Å². The van der Waals surface area contributed by atoms with Gasteiger partial charge in [0.25, 0.3) is 0 Å². The van der Waals surface area contributed by atoms with Gasteiger partial charge >= 0.3 is 5.97 Å². The molecule has 3 heteroatoms. The van der Waals surface area contributed by atoms with Crippen LogP contribution >= 0.6 is 11.6 Å². The number of hydrogen-bond acceptors (Lipinski definition) is 2. The topological polar surface area (TPSA) is 26.3 Å². The summed E-state index contributed by atoms with van der Waals surface area (Å²) in [5.74, 6) is -0.208. The molecule has 2 rings (SSSR count). The Morgan fingerprint density at radius 2 is 2.00 bits per heavy atom. The number of carbonyl (C=O) groups is 1. The quantitative estimate of drug-likeness (QED) is 0.524. The molecule has 1 saturated heterocycles. The van der Waals surface area contributed by atoms with E-state index < -0.39 is 0 Å². The summed E-state index contributed by atoms with van der Waals surface area (Å²) >= 11 is 5.74. The fraction of sp³-hybridized carbons (Fsp3) is 0.182. The van der Waals surface area contributed by atoms with Gasteiger partial charge in [-0.25, -0.2) is 4.79 Å². The lowest BCUT2D eigenvalue weighted by Gasteiger charge is -1.95. The van der Waals surface area contributed by atoms with Crippen LogP contribution in [0, 0.1) is 0 Å². The van der Waals surface area contributed by atoms with Crippen molar-refractivity contribution in [3.8, 4) is 0 Å². The third-order valence-electron chi connectivity index (χ3n) is 2.08. The van der Waals surface area contributed by atoms with Crippen LogP contribution in [0.15, 0.2) is 29.8 Å². The van der Waals surface area contributed by atoms with Crippen LogP contribution in [-0.2, 0) is 9.53 Å². The summed E-state index contributed by atoms with van der Waals surface area (Å²) in [6.07, 6.45) is 2.53. The normalized spacial score (nSPS) is 18.6. The van der Waals surface area contributed by atoms with E-state index in [1.165, 1.54) is 0 Å². The van der Waals surface area contributed by atoms with E-state index >= 15 is 0 Å². The van der Waals surface area contributed by atoms with Crippen molar-refractivity contribution in [2.24, 2.45) is 0 Å². The Balaban J connectivity index is 2.24. The van der Waals surface area contributed by atoms with Crippen LogP contribution < -0.4 is 0 Å². The van der Waals surface area contributed by atoms with Crippen LogP contribution in [0.5, 0.6) is 0 Å². The van der Waals surface area contributed by atoms with E-state index in [1.807, 2.05) is 18.2 Å². The first-order valence-electron chi connectivity index (χ1n) is 4.39. The Morgan fingerprint density at radius 1 is 1.29 bits per heavy atom. The molecular weight excluding hydrogens is 200 g/mol. The molecular formula is C11H9ClO2. The van der Waals surface area contributed by atoms with Crippen molar-refractivity contribution in [3.63, 3.8) is 0 Å². The van der Waals surface area contributed by atoms with E-state index in [9.17, 15) is 4.79 Å². The maximum atomic E-state index is 11.1. The Labute approximate surface area is 87.1 Å². The molecule has 0 saturated carbocycles. The van der Waals surface area contributed by atoms with Crippen LogP contribution in [-0.4, -0.2) is 12.6 Å². The van der Waals surface area contributed by atoms with Crippen LogP contribution in [0.4, 0.5) is 0 Å². The first-order valence-corrected chi connectivity index (χ1v) is 4.77. The molecule has 14 heavy (non-hydrogen) atoms. The van der Waals surface area contributed by atoms with E-state index in [-0.39, 0.29) is 5.97 Å². The standard InChI is InChI=1S/C11H9ClO2/c12-10-3-1-8(2-4-10)7-9-5-6-14-11(9)13/h1-4,7H,5-6H2. The summed E-state index contributed by atoms with van der Waals surface area (Å²) < 4.78 is 4.83. The molecule has 1 fully saturated rings. The molecule has 1 aliphatic heterocycles. The molecule has 0 unspecified atom stereocenters. The number of benzene rings is 1. The molecule has 1 heterocycles. The predicted octanol–water partition coefficient (Wildman–Crippen LogP) is 2.67. The van der Waals surface area contributed by atoms with Gasteiger partial charge in [0.2, 0.25) is 0 Å². The number of carbonyl (C=O) groups excluding carboxylic acids is 1. The molecule has 1 aromatic rings. The maximum Gasteiger partial charge on any atom is 0.334 e. The van der Waals surface area contributed by atoms with E-state index in [4.69, 9.17) is 16.3 Å². The summed E-state index contributed by atoms with van der Waals surface area (Å²) in [5.41, 5.74) is 1.70. The second-order valence-electron chi connectivity index (χ2n) is 3.11.